The zero-order chi connectivity index (χ0) is 26.6. The van der Waals surface area contributed by atoms with Crippen molar-refractivity contribution in [3.63, 3.8) is 0 Å². The Labute approximate surface area is 230 Å². The molecule has 0 aliphatic rings. The van der Waals surface area contributed by atoms with Gasteiger partial charge in [0.25, 0.3) is 0 Å². The van der Waals surface area contributed by atoms with Crippen molar-refractivity contribution in [3.05, 3.63) is 139 Å². The van der Waals surface area contributed by atoms with Crippen molar-refractivity contribution in [1.82, 2.24) is 14.1 Å². The maximum Gasteiger partial charge on any atom is 0.0991 e. The van der Waals surface area contributed by atoms with E-state index in [9.17, 15) is 5.26 Å². The monoisotopic (exact) mass is 510 g/mol. The Morgan fingerprint density at radius 3 is 1.88 bits per heavy atom. The van der Waals surface area contributed by atoms with E-state index >= 15 is 0 Å². The topological polar surface area (TPSA) is 46.5 Å². The van der Waals surface area contributed by atoms with E-state index in [-0.39, 0.29) is 0 Å². The number of rotatable bonds is 3. The molecule has 0 saturated heterocycles. The number of benzene rings is 5. The summed E-state index contributed by atoms with van der Waals surface area (Å²) in [7, 11) is 0. The summed E-state index contributed by atoms with van der Waals surface area (Å²) >= 11 is 0. The first kappa shape index (κ1) is 22.3. The van der Waals surface area contributed by atoms with Gasteiger partial charge < -0.3 is 9.13 Å². The van der Waals surface area contributed by atoms with Crippen LogP contribution in [-0.4, -0.2) is 14.1 Å². The van der Waals surface area contributed by atoms with Gasteiger partial charge in [-0.2, -0.15) is 5.26 Å². The lowest BCUT2D eigenvalue weighted by atomic mass is 10.00. The number of nitrogens with zero attached hydrogens (tertiary/aromatic N) is 4. The summed E-state index contributed by atoms with van der Waals surface area (Å²) in [6, 6.07) is 44.5. The minimum atomic E-state index is 0.628. The van der Waals surface area contributed by atoms with Gasteiger partial charge in [0.05, 0.1) is 39.4 Å². The summed E-state index contributed by atoms with van der Waals surface area (Å²) < 4.78 is 4.62. The van der Waals surface area contributed by atoms with E-state index < -0.39 is 0 Å². The molecule has 3 aromatic heterocycles. The highest BCUT2D eigenvalue weighted by molar-refractivity contribution is 6.10. The van der Waals surface area contributed by atoms with Crippen molar-refractivity contribution in [2.75, 3.05) is 0 Å². The Morgan fingerprint density at radius 1 is 0.550 bits per heavy atom. The van der Waals surface area contributed by atoms with Crippen molar-refractivity contribution in [2.45, 2.75) is 0 Å². The second-order valence-corrected chi connectivity index (χ2v) is 10.0. The number of aromatic nitrogens is 3. The van der Waals surface area contributed by atoms with Crippen LogP contribution in [0.25, 0.3) is 66.1 Å². The lowest BCUT2D eigenvalue weighted by molar-refractivity contribution is 1.17. The molecule has 0 aliphatic carbocycles. The highest BCUT2D eigenvalue weighted by Gasteiger charge is 2.17. The first-order valence-corrected chi connectivity index (χ1v) is 13.3. The number of nitriles is 1. The third-order valence-corrected chi connectivity index (χ3v) is 7.84. The van der Waals surface area contributed by atoms with Gasteiger partial charge in [-0.25, -0.2) is 0 Å². The predicted octanol–water partition coefficient (Wildman–Crippen LogP) is 8.81. The lowest BCUT2D eigenvalue weighted by Gasteiger charge is -2.16. The summed E-state index contributed by atoms with van der Waals surface area (Å²) in [5.74, 6) is 0. The number of hydrogen-bond acceptors (Lipinski definition) is 2. The fraction of sp³-hybridized carbons (Fsp3) is 0. The fourth-order valence-corrected chi connectivity index (χ4v) is 6.12. The molecule has 5 aromatic carbocycles. The number of para-hydroxylation sites is 3. The van der Waals surface area contributed by atoms with E-state index in [0.29, 0.717) is 5.56 Å². The third-order valence-electron chi connectivity index (χ3n) is 7.84. The van der Waals surface area contributed by atoms with Crippen molar-refractivity contribution in [2.24, 2.45) is 0 Å². The molecule has 0 aliphatic heterocycles. The van der Waals surface area contributed by atoms with Crippen molar-refractivity contribution in [1.29, 1.82) is 5.26 Å². The molecule has 8 aromatic rings. The molecular weight excluding hydrogens is 488 g/mol. The van der Waals surface area contributed by atoms with Gasteiger partial charge >= 0.3 is 0 Å². The predicted molar refractivity (Wildman–Crippen MR) is 163 cm³/mol. The van der Waals surface area contributed by atoms with Crippen LogP contribution in [0.1, 0.15) is 5.56 Å². The number of fused-ring (bicyclic) bond motifs is 6. The average Bonchev–Trinajstić information content (AvgIpc) is 3.54. The molecule has 0 saturated carbocycles. The molecule has 0 fully saturated rings. The zero-order valence-electron chi connectivity index (χ0n) is 21.5. The molecule has 0 unspecified atom stereocenters. The van der Waals surface area contributed by atoms with Crippen LogP contribution in [0.3, 0.4) is 0 Å². The Bertz CT molecular complexity index is 2190. The van der Waals surface area contributed by atoms with Gasteiger partial charge in [0.15, 0.2) is 0 Å². The van der Waals surface area contributed by atoms with Gasteiger partial charge in [-0.05, 0) is 60.2 Å². The Hall–Kier alpha value is -5.66. The normalized spacial score (nSPS) is 11.5. The smallest absolute Gasteiger partial charge is 0.0991 e. The highest BCUT2D eigenvalue weighted by Crippen LogP contribution is 2.38. The van der Waals surface area contributed by atoms with Gasteiger partial charge in [0.1, 0.15) is 0 Å². The Morgan fingerprint density at radius 2 is 1.18 bits per heavy atom. The number of hydrogen-bond donors (Lipinski definition) is 0. The molecule has 186 valence electrons. The van der Waals surface area contributed by atoms with Crippen molar-refractivity contribution < 1.29 is 0 Å². The minimum absolute atomic E-state index is 0.628. The summed E-state index contributed by atoms with van der Waals surface area (Å²) in [5, 5.41) is 14.6. The fourth-order valence-electron chi connectivity index (χ4n) is 6.12. The largest absolute Gasteiger partial charge is 0.309 e. The standard InChI is InChI=1S/C36H22N4/c37-22-24-16-17-35(40-34-15-6-3-12-29(34)31-23-38-19-18-36(31)40)30(20-24)25-8-7-9-26(21-25)39-32-13-4-1-10-27(32)28-11-2-5-14-33(28)39/h1-21,23H. The molecule has 0 spiro atoms. The molecule has 3 heterocycles. The summed E-state index contributed by atoms with van der Waals surface area (Å²) in [6.45, 7) is 0. The van der Waals surface area contributed by atoms with E-state index in [2.05, 4.69) is 129 Å². The average molecular weight is 511 g/mol. The van der Waals surface area contributed by atoms with E-state index in [1.165, 1.54) is 21.8 Å². The number of pyridine rings is 1. The van der Waals surface area contributed by atoms with Gasteiger partial charge in [-0.15, -0.1) is 0 Å². The molecule has 4 nitrogen and oxygen atoms in total. The molecule has 4 heteroatoms. The second kappa shape index (κ2) is 8.69. The lowest BCUT2D eigenvalue weighted by Crippen LogP contribution is -1.99. The van der Waals surface area contributed by atoms with Crippen LogP contribution in [0.5, 0.6) is 0 Å². The van der Waals surface area contributed by atoms with Gasteiger partial charge in [0.2, 0.25) is 0 Å². The van der Waals surface area contributed by atoms with E-state index in [0.717, 1.165) is 44.3 Å². The van der Waals surface area contributed by atoms with E-state index in [1.807, 2.05) is 24.5 Å². The molecule has 40 heavy (non-hydrogen) atoms. The molecule has 0 atom stereocenters. The van der Waals surface area contributed by atoms with E-state index in [4.69, 9.17) is 0 Å². The molecule has 0 amide bonds. The van der Waals surface area contributed by atoms with Gasteiger partial charge in [-0.1, -0.05) is 66.7 Å². The highest BCUT2D eigenvalue weighted by atomic mass is 15.0. The second-order valence-electron chi connectivity index (χ2n) is 10.0. The summed E-state index contributed by atoms with van der Waals surface area (Å²) in [4.78, 5) is 4.41. The first-order chi connectivity index (χ1) is 19.8. The van der Waals surface area contributed by atoms with Crippen LogP contribution in [0.4, 0.5) is 0 Å². The summed E-state index contributed by atoms with van der Waals surface area (Å²) in [5.41, 5.74) is 9.31. The Kier molecular flexibility index (Phi) is 4.85. The SMILES string of the molecule is N#Cc1ccc(-n2c3ccccc3c3cnccc32)c(-c2cccc(-n3c4ccccc4c4ccccc43)c2)c1. The van der Waals surface area contributed by atoms with Crippen molar-refractivity contribution >= 4 is 43.6 Å². The van der Waals surface area contributed by atoms with Gasteiger partial charge in [-0.3, -0.25) is 4.98 Å². The summed E-state index contributed by atoms with van der Waals surface area (Å²) in [6.07, 6.45) is 3.77. The molecular formula is C36H22N4. The van der Waals surface area contributed by atoms with Crippen LogP contribution in [0.15, 0.2) is 134 Å². The quantitative estimate of drug-likeness (QED) is 0.238. The molecule has 0 bridgehead atoms. The van der Waals surface area contributed by atoms with Crippen molar-refractivity contribution in [3.8, 4) is 28.6 Å². The molecule has 8 rings (SSSR count). The molecule has 0 radical (unpaired) electrons. The van der Waals surface area contributed by atoms with Crippen LogP contribution in [0, 0.1) is 11.3 Å². The zero-order valence-corrected chi connectivity index (χ0v) is 21.5. The van der Waals surface area contributed by atoms with Crippen LogP contribution in [-0.2, 0) is 0 Å². The van der Waals surface area contributed by atoms with Crippen LogP contribution in [0.2, 0.25) is 0 Å². The van der Waals surface area contributed by atoms with Crippen LogP contribution >= 0.6 is 0 Å². The maximum atomic E-state index is 9.85. The van der Waals surface area contributed by atoms with E-state index in [1.54, 1.807) is 0 Å². The van der Waals surface area contributed by atoms with Gasteiger partial charge in [0, 0.05) is 45.2 Å². The first-order valence-electron chi connectivity index (χ1n) is 13.3. The molecule has 0 N–H and O–H groups in total. The third kappa shape index (κ3) is 3.22. The minimum Gasteiger partial charge on any atom is -0.309 e. The maximum absolute atomic E-state index is 9.85. The van der Waals surface area contributed by atoms with Crippen LogP contribution < -0.4 is 0 Å². The Balaban J connectivity index is 1.42.